The molecule has 0 amide bonds. The molecule has 0 spiro atoms. The fraction of sp³-hybridized carbons (Fsp3) is 0.0909. The second-order valence-electron chi connectivity index (χ2n) is 2.85. The Hall–Kier alpha value is -0.570. The SMILES string of the molecule is Cc1cc(I)[c]c2ccccc12. The lowest BCUT2D eigenvalue weighted by Crippen LogP contribution is -1.80. The third kappa shape index (κ3) is 1.33. The molecule has 59 valence electrons. The van der Waals surface area contributed by atoms with Crippen LogP contribution in [0.2, 0.25) is 0 Å². The van der Waals surface area contributed by atoms with E-state index in [9.17, 15) is 0 Å². The van der Waals surface area contributed by atoms with E-state index >= 15 is 0 Å². The maximum absolute atomic E-state index is 3.32. The summed E-state index contributed by atoms with van der Waals surface area (Å²) in [6, 6.07) is 13.8. The topological polar surface area (TPSA) is 0 Å². The van der Waals surface area contributed by atoms with Gasteiger partial charge in [-0.2, -0.15) is 0 Å². The molecule has 2 rings (SSSR count). The van der Waals surface area contributed by atoms with Crippen molar-refractivity contribution < 1.29 is 0 Å². The van der Waals surface area contributed by atoms with Crippen LogP contribution in [0, 0.1) is 16.6 Å². The molecule has 0 fully saturated rings. The fourth-order valence-electron chi connectivity index (χ4n) is 1.37. The van der Waals surface area contributed by atoms with E-state index in [-0.39, 0.29) is 0 Å². The predicted molar refractivity (Wildman–Crippen MR) is 60.2 cm³/mol. The summed E-state index contributed by atoms with van der Waals surface area (Å²) >= 11 is 2.30. The van der Waals surface area contributed by atoms with Gasteiger partial charge in [0.2, 0.25) is 0 Å². The van der Waals surface area contributed by atoms with Crippen LogP contribution in [0.3, 0.4) is 0 Å². The number of hydrogen-bond acceptors (Lipinski definition) is 0. The van der Waals surface area contributed by atoms with E-state index in [0.29, 0.717) is 0 Å². The zero-order valence-corrected chi connectivity index (χ0v) is 8.92. The minimum absolute atomic E-state index is 1.18. The highest BCUT2D eigenvalue weighted by Crippen LogP contribution is 2.20. The van der Waals surface area contributed by atoms with Crippen molar-refractivity contribution in [3.63, 3.8) is 0 Å². The third-order valence-electron chi connectivity index (χ3n) is 1.95. The van der Waals surface area contributed by atoms with Gasteiger partial charge in [0.15, 0.2) is 0 Å². The maximum atomic E-state index is 3.32. The zero-order valence-electron chi connectivity index (χ0n) is 6.76. The second kappa shape index (κ2) is 3.05. The molecule has 1 heteroatoms. The van der Waals surface area contributed by atoms with Crippen LogP contribution < -0.4 is 0 Å². The van der Waals surface area contributed by atoms with Crippen LogP contribution >= 0.6 is 22.6 Å². The summed E-state index contributed by atoms with van der Waals surface area (Å²) in [6.07, 6.45) is 0. The van der Waals surface area contributed by atoms with E-state index in [4.69, 9.17) is 0 Å². The monoisotopic (exact) mass is 267 g/mol. The van der Waals surface area contributed by atoms with Gasteiger partial charge < -0.3 is 0 Å². The molecule has 0 atom stereocenters. The molecule has 0 aromatic heterocycles. The molecule has 0 aliphatic carbocycles. The highest BCUT2D eigenvalue weighted by atomic mass is 127. The van der Waals surface area contributed by atoms with Crippen LogP contribution in [0.1, 0.15) is 5.56 Å². The summed E-state index contributed by atoms with van der Waals surface area (Å²) in [5.41, 5.74) is 1.33. The summed E-state index contributed by atoms with van der Waals surface area (Å²) < 4.78 is 1.18. The van der Waals surface area contributed by atoms with Crippen LogP contribution in [0.25, 0.3) is 10.8 Å². The molecular formula is C11H8I. The molecule has 2 aromatic rings. The zero-order chi connectivity index (χ0) is 8.55. The van der Waals surface area contributed by atoms with Crippen LogP contribution in [0.15, 0.2) is 30.3 Å². The van der Waals surface area contributed by atoms with Crippen molar-refractivity contribution in [2.24, 2.45) is 0 Å². The summed E-state index contributed by atoms with van der Waals surface area (Å²) in [4.78, 5) is 0. The number of benzene rings is 2. The summed E-state index contributed by atoms with van der Waals surface area (Å²) in [5, 5.41) is 2.51. The van der Waals surface area contributed by atoms with Gasteiger partial charge >= 0.3 is 0 Å². The van der Waals surface area contributed by atoms with Crippen molar-refractivity contribution in [2.45, 2.75) is 6.92 Å². The van der Waals surface area contributed by atoms with Gasteiger partial charge in [0.1, 0.15) is 0 Å². The predicted octanol–water partition coefficient (Wildman–Crippen LogP) is 3.55. The van der Waals surface area contributed by atoms with E-state index in [0.717, 1.165) is 0 Å². The number of hydrogen-bond donors (Lipinski definition) is 0. The van der Waals surface area contributed by atoms with E-state index in [2.05, 4.69) is 59.8 Å². The Morgan fingerprint density at radius 3 is 2.83 bits per heavy atom. The lowest BCUT2D eigenvalue weighted by Gasteiger charge is -2.01. The fourth-order valence-corrected chi connectivity index (χ4v) is 2.13. The molecule has 0 saturated heterocycles. The Morgan fingerprint density at radius 1 is 1.25 bits per heavy atom. The van der Waals surface area contributed by atoms with E-state index in [1.54, 1.807) is 0 Å². The molecule has 12 heavy (non-hydrogen) atoms. The van der Waals surface area contributed by atoms with Crippen molar-refractivity contribution in [1.82, 2.24) is 0 Å². The standard InChI is InChI=1S/C11H8I/c1-8-6-10(12)7-9-4-2-3-5-11(8)9/h2-6H,1H3. The smallest absolute Gasteiger partial charge is 0.0218 e. The molecule has 0 aliphatic rings. The molecule has 1 radical (unpaired) electrons. The minimum Gasteiger partial charge on any atom is -0.0616 e. The lowest BCUT2D eigenvalue weighted by atomic mass is 10.1. The van der Waals surface area contributed by atoms with Crippen molar-refractivity contribution in [2.75, 3.05) is 0 Å². The largest absolute Gasteiger partial charge is 0.0616 e. The average Bonchev–Trinajstić information content (AvgIpc) is 2.04. The first-order chi connectivity index (χ1) is 5.77. The second-order valence-corrected chi connectivity index (χ2v) is 4.01. The van der Waals surface area contributed by atoms with Crippen LogP contribution in [-0.2, 0) is 0 Å². The van der Waals surface area contributed by atoms with Crippen LogP contribution in [0.4, 0.5) is 0 Å². The highest BCUT2D eigenvalue weighted by Gasteiger charge is 1.97. The van der Waals surface area contributed by atoms with Gasteiger partial charge in [0.05, 0.1) is 0 Å². The normalized spacial score (nSPS) is 10.5. The molecule has 2 aromatic carbocycles. The maximum Gasteiger partial charge on any atom is 0.0218 e. The van der Waals surface area contributed by atoms with Crippen LogP contribution in [-0.4, -0.2) is 0 Å². The molecule has 0 unspecified atom stereocenters. The first-order valence-corrected chi connectivity index (χ1v) is 4.92. The van der Waals surface area contributed by atoms with Gasteiger partial charge in [-0.25, -0.2) is 0 Å². The average molecular weight is 267 g/mol. The van der Waals surface area contributed by atoms with Crippen molar-refractivity contribution in [1.29, 1.82) is 0 Å². The van der Waals surface area contributed by atoms with E-state index < -0.39 is 0 Å². The van der Waals surface area contributed by atoms with Gasteiger partial charge in [-0.05, 0) is 51.9 Å². The molecule has 0 N–H and O–H groups in total. The summed E-state index contributed by atoms with van der Waals surface area (Å²) in [6.45, 7) is 2.14. The Bertz CT molecular complexity index is 418. The highest BCUT2D eigenvalue weighted by molar-refractivity contribution is 14.1. The molecule has 0 heterocycles. The first kappa shape index (κ1) is 8.05. The summed E-state index contributed by atoms with van der Waals surface area (Å²) in [5.74, 6) is 0. The van der Waals surface area contributed by atoms with Crippen molar-refractivity contribution in [3.05, 3.63) is 45.5 Å². The van der Waals surface area contributed by atoms with Gasteiger partial charge in [0.25, 0.3) is 0 Å². The molecule has 0 bridgehead atoms. The minimum atomic E-state index is 1.18. The van der Waals surface area contributed by atoms with Crippen LogP contribution in [0.5, 0.6) is 0 Å². The van der Waals surface area contributed by atoms with Gasteiger partial charge in [0, 0.05) is 9.64 Å². The molecule has 0 nitrogen and oxygen atoms in total. The Morgan fingerprint density at radius 2 is 2.00 bits per heavy atom. The Labute approximate surface area is 85.7 Å². The quantitative estimate of drug-likeness (QED) is 0.640. The first-order valence-electron chi connectivity index (χ1n) is 3.84. The molecule has 0 saturated carbocycles. The third-order valence-corrected chi connectivity index (χ3v) is 2.53. The Kier molecular flexibility index (Phi) is 2.05. The number of halogens is 1. The Balaban J connectivity index is 2.89. The number of aryl methyl sites for hydroxylation is 1. The lowest BCUT2D eigenvalue weighted by molar-refractivity contribution is 1.50. The molecular weight excluding hydrogens is 259 g/mol. The van der Waals surface area contributed by atoms with E-state index in [1.807, 2.05) is 6.07 Å². The van der Waals surface area contributed by atoms with Crippen molar-refractivity contribution >= 4 is 33.4 Å². The number of fused-ring (bicyclic) bond motifs is 1. The van der Waals surface area contributed by atoms with Gasteiger partial charge in [-0.1, -0.05) is 24.3 Å². The van der Waals surface area contributed by atoms with Crippen molar-refractivity contribution in [3.8, 4) is 0 Å². The summed E-state index contributed by atoms with van der Waals surface area (Å²) in [7, 11) is 0. The van der Waals surface area contributed by atoms with Gasteiger partial charge in [-0.15, -0.1) is 0 Å². The van der Waals surface area contributed by atoms with E-state index in [1.165, 1.54) is 19.9 Å². The molecule has 0 aliphatic heterocycles. The number of rotatable bonds is 0. The van der Waals surface area contributed by atoms with Gasteiger partial charge in [-0.3, -0.25) is 0 Å².